The van der Waals surface area contributed by atoms with Crippen LogP contribution in [0.5, 0.6) is 0 Å². The number of benzene rings is 2. The molecular weight excluding hydrogens is 320 g/mol. The average molecular weight is 338 g/mol. The maximum atomic E-state index is 12.4. The summed E-state index contributed by atoms with van der Waals surface area (Å²) in [6.07, 6.45) is 0.160. The van der Waals surface area contributed by atoms with Crippen molar-refractivity contribution in [1.29, 1.82) is 0 Å². The van der Waals surface area contributed by atoms with Gasteiger partial charge in [0.05, 0.1) is 11.5 Å². The monoisotopic (exact) mass is 338 g/mol. The van der Waals surface area contributed by atoms with Crippen LogP contribution in [0.15, 0.2) is 48.5 Å². The molecule has 0 radical (unpaired) electrons. The second kappa shape index (κ2) is 6.76. The van der Waals surface area contributed by atoms with Gasteiger partial charge in [-0.1, -0.05) is 18.2 Å². The van der Waals surface area contributed by atoms with E-state index in [1.807, 2.05) is 31.2 Å². The molecule has 1 fully saturated rings. The van der Waals surface area contributed by atoms with Gasteiger partial charge in [0.25, 0.3) is 0 Å². The van der Waals surface area contributed by atoms with Gasteiger partial charge in [-0.15, -0.1) is 0 Å². The Bertz CT molecular complexity index is 830. The normalized spacial score (nSPS) is 16.8. The molecule has 0 aliphatic carbocycles. The fourth-order valence-corrected chi connectivity index (χ4v) is 2.92. The number of nitrogens with zero attached hydrogens (tertiary/aromatic N) is 1. The molecule has 3 rings (SSSR count). The lowest BCUT2D eigenvalue weighted by Crippen LogP contribution is -2.28. The van der Waals surface area contributed by atoms with Crippen molar-refractivity contribution < 1.29 is 19.5 Å². The van der Waals surface area contributed by atoms with Crippen LogP contribution in [0.2, 0.25) is 0 Å². The van der Waals surface area contributed by atoms with Gasteiger partial charge in [-0.05, 0) is 42.8 Å². The summed E-state index contributed by atoms with van der Waals surface area (Å²) in [7, 11) is 0. The Morgan fingerprint density at radius 1 is 1.12 bits per heavy atom. The molecule has 2 aromatic rings. The Balaban J connectivity index is 1.68. The number of rotatable bonds is 4. The Labute approximate surface area is 145 Å². The highest BCUT2D eigenvalue weighted by atomic mass is 16.4. The topological polar surface area (TPSA) is 86.7 Å². The van der Waals surface area contributed by atoms with E-state index in [4.69, 9.17) is 5.11 Å². The lowest BCUT2D eigenvalue weighted by molar-refractivity contribution is -0.122. The van der Waals surface area contributed by atoms with E-state index in [-0.39, 0.29) is 23.8 Å². The minimum Gasteiger partial charge on any atom is -0.478 e. The number of carboxylic acids is 1. The van der Waals surface area contributed by atoms with E-state index in [0.717, 1.165) is 11.3 Å². The quantitative estimate of drug-likeness (QED) is 0.897. The number of hydrogen-bond donors (Lipinski definition) is 2. The van der Waals surface area contributed by atoms with Gasteiger partial charge < -0.3 is 15.3 Å². The Kier molecular flexibility index (Phi) is 4.52. The van der Waals surface area contributed by atoms with Crippen molar-refractivity contribution in [3.05, 3.63) is 59.7 Å². The van der Waals surface area contributed by atoms with Crippen molar-refractivity contribution in [3.63, 3.8) is 0 Å². The first kappa shape index (κ1) is 16.7. The summed E-state index contributed by atoms with van der Waals surface area (Å²) in [5.74, 6) is -1.78. The SMILES string of the molecule is Cc1ccccc1N1C[C@H](C(=O)Nc2ccc(C(=O)O)cc2)CC1=O. The molecule has 0 unspecified atom stereocenters. The lowest BCUT2D eigenvalue weighted by atomic mass is 10.1. The van der Waals surface area contributed by atoms with Gasteiger partial charge in [0.15, 0.2) is 0 Å². The molecule has 6 heteroatoms. The highest BCUT2D eigenvalue weighted by molar-refractivity contribution is 6.04. The third-order valence-corrected chi connectivity index (χ3v) is 4.30. The number of aryl methyl sites for hydroxylation is 1. The molecule has 2 amide bonds. The number of para-hydroxylation sites is 1. The zero-order valence-corrected chi connectivity index (χ0v) is 13.7. The first-order valence-electron chi connectivity index (χ1n) is 7.96. The molecule has 0 bridgehead atoms. The molecule has 1 aliphatic heterocycles. The molecule has 0 saturated carbocycles. The maximum absolute atomic E-state index is 12.4. The molecule has 25 heavy (non-hydrogen) atoms. The highest BCUT2D eigenvalue weighted by Crippen LogP contribution is 2.28. The smallest absolute Gasteiger partial charge is 0.335 e. The lowest BCUT2D eigenvalue weighted by Gasteiger charge is -2.19. The van der Waals surface area contributed by atoms with Gasteiger partial charge in [0.1, 0.15) is 0 Å². The van der Waals surface area contributed by atoms with Gasteiger partial charge in [-0.3, -0.25) is 9.59 Å². The summed E-state index contributed by atoms with van der Waals surface area (Å²) in [6, 6.07) is 13.5. The maximum Gasteiger partial charge on any atom is 0.335 e. The minimum absolute atomic E-state index is 0.0734. The van der Waals surface area contributed by atoms with Crippen LogP contribution in [-0.2, 0) is 9.59 Å². The first-order valence-corrected chi connectivity index (χ1v) is 7.96. The third-order valence-electron chi connectivity index (χ3n) is 4.30. The number of carbonyl (C=O) groups excluding carboxylic acids is 2. The molecule has 1 aliphatic rings. The van der Waals surface area contributed by atoms with E-state index in [0.29, 0.717) is 12.2 Å². The fraction of sp³-hybridized carbons (Fsp3) is 0.211. The molecule has 1 heterocycles. The third kappa shape index (κ3) is 3.52. The fourth-order valence-electron chi connectivity index (χ4n) is 2.92. The molecule has 128 valence electrons. The van der Waals surface area contributed by atoms with Crippen LogP contribution < -0.4 is 10.2 Å². The van der Waals surface area contributed by atoms with E-state index in [1.54, 1.807) is 4.90 Å². The minimum atomic E-state index is -1.02. The van der Waals surface area contributed by atoms with Crippen LogP contribution in [-0.4, -0.2) is 29.4 Å². The van der Waals surface area contributed by atoms with Crippen molar-refractivity contribution in [3.8, 4) is 0 Å². The van der Waals surface area contributed by atoms with Crippen LogP contribution in [0.1, 0.15) is 22.3 Å². The van der Waals surface area contributed by atoms with Crippen LogP contribution in [0.25, 0.3) is 0 Å². The first-order chi connectivity index (χ1) is 12.0. The molecular formula is C19H18N2O4. The predicted molar refractivity (Wildman–Crippen MR) is 93.7 cm³/mol. The van der Waals surface area contributed by atoms with Crippen LogP contribution >= 0.6 is 0 Å². The van der Waals surface area contributed by atoms with E-state index < -0.39 is 11.9 Å². The molecule has 2 N–H and O–H groups in total. The average Bonchev–Trinajstić information content (AvgIpc) is 2.97. The number of aromatic carboxylic acids is 1. The van der Waals surface area contributed by atoms with Gasteiger partial charge in [-0.25, -0.2) is 4.79 Å². The van der Waals surface area contributed by atoms with Crippen LogP contribution in [0.3, 0.4) is 0 Å². The number of carboxylic acid groups (broad SMARTS) is 1. The summed E-state index contributed by atoms with van der Waals surface area (Å²) in [5.41, 5.74) is 2.48. The Morgan fingerprint density at radius 2 is 1.80 bits per heavy atom. The van der Waals surface area contributed by atoms with Crippen molar-refractivity contribution in [2.45, 2.75) is 13.3 Å². The summed E-state index contributed by atoms with van der Waals surface area (Å²) >= 11 is 0. The van der Waals surface area contributed by atoms with E-state index in [1.165, 1.54) is 24.3 Å². The largest absolute Gasteiger partial charge is 0.478 e. The van der Waals surface area contributed by atoms with Gasteiger partial charge in [-0.2, -0.15) is 0 Å². The molecule has 0 aromatic heterocycles. The zero-order chi connectivity index (χ0) is 18.0. The Morgan fingerprint density at radius 3 is 2.44 bits per heavy atom. The van der Waals surface area contributed by atoms with Crippen molar-refractivity contribution >= 4 is 29.2 Å². The van der Waals surface area contributed by atoms with E-state index in [9.17, 15) is 14.4 Å². The summed E-state index contributed by atoms with van der Waals surface area (Å²) in [4.78, 5) is 37.2. The molecule has 0 spiro atoms. The standard InChI is InChI=1S/C19H18N2O4/c1-12-4-2-3-5-16(12)21-11-14(10-17(21)22)18(23)20-15-8-6-13(7-9-15)19(24)25/h2-9,14H,10-11H2,1H3,(H,20,23)(H,24,25)/t14-/m1/s1. The van der Waals surface area contributed by atoms with Crippen molar-refractivity contribution in [2.75, 3.05) is 16.8 Å². The molecule has 6 nitrogen and oxygen atoms in total. The summed E-state index contributed by atoms with van der Waals surface area (Å²) in [6.45, 7) is 2.27. The van der Waals surface area contributed by atoms with Crippen LogP contribution in [0.4, 0.5) is 11.4 Å². The predicted octanol–water partition coefficient (Wildman–Crippen LogP) is 2.68. The zero-order valence-electron chi connectivity index (χ0n) is 13.7. The van der Waals surface area contributed by atoms with Crippen molar-refractivity contribution in [1.82, 2.24) is 0 Å². The number of hydrogen-bond acceptors (Lipinski definition) is 3. The Hall–Kier alpha value is -3.15. The second-order valence-electron chi connectivity index (χ2n) is 6.06. The second-order valence-corrected chi connectivity index (χ2v) is 6.06. The summed E-state index contributed by atoms with van der Waals surface area (Å²) in [5, 5.41) is 11.6. The highest BCUT2D eigenvalue weighted by Gasteiger charge is 2.35. The molecule has 1 atom stereocenters. The van der Waals surface area contributed by atoms with Crippen molar-refractivity contribution in [2.24, 2.45) is 5.92 Å². The number of carbonyl (C=O) groups is 3. The molecule has 2 aromatic carbocycles. The van der Waals surface area contributed by atoms with E-state index >= 15 is 0 Å². The molecule has 1 saturated heterocycles. The number of anilines is 2. The number of amides is 2. The summed E-state index contributed by atoms with van der Waals surface area (Å²) < 4.78 is 0. The van der Waals surface area contributed by atoms with Gasteiger partial charge in [0.2, 0.25) is 11.8 Å². The van der Waals surface area contributed by atoms with E-state index in [2.05, 4.69) is 5.32 Å². The van der Waals surface area contributed by atoms with Gasteiger partial charge in [0, 0.05) is 24.3 Å². The number of nitrogens with one attached hydrogen (secondary N) is 1. The van der Waals surface area contributed by atoms with Crippen LogP contribution in [0, 0.1) is 12.8 Å². The van der Waals surface area contributed by atoms with Gasteiger partial charge >= 0.3 is 5.97 Å².